The fraction of sp³-hybridized carbons (Fsp3) is 0.357. The van der Waals surface area contributed by atoms with Crippen molar-refractivity contribution in [1.82, 2.24) is 14.9 Å². The van der Waals surface area contributed by atoms with Crippen LogP contribution in [0, 0.1) is 0 Å². The topological polar surface area (TPSA) is 33.1 Å². The van der Waals surface area contributed by atoms with Gasteiger partial charge < -0.3 is 14.8 Å². The van der Waals surface area contributed by atoms with Gasteiger partial charge in [-0.15, -0.1) is 0 Å². The van der Waals surface area contributed by atoms with Crippen molar-refractivity contribution in [2.45, 2.75) is 6.04 Å². The van der Waals surface area contributed by atoms with Crippen LogP contribution in [0.5, 0.6) is 0 Å². The fourth-order valence-electron chi connectivity index (χ4n) is 2.21. The Kier molecular flexibility index (Phi) is 2.80. The molecule has 1 aliphatic heterocycles. The quantitative estimate of drug-likeness (QED) is 0.890. The molecule has 0 saturated carbocycles. The Labute approximate surface area is 107 Å². The molecule has 2 heterocycles. The van der Waals surface area contributed by atoms with Crippen LogP contribution in [0.3, 0.4) is 0 Å². The summed E-state index contributed by atoms with van der Waals surface area (Å²) >= 11 is 0. The standard InChI is InChI=1S/C14H18N4/c1-17(2)12-5-3-11(4-6-12)14-16-7-8-18(14)13-9-15-10-13/h3-8,13,15H,9-10H2,1-2H3. The molecular weight excluding hydrogens is 224 g/mol. The third-order valence-corrected chi connectivity index (χ3v) is 3.46. The minimum absolute atomic E-state index is 0.552. The summed E-state index contributed by atoms with van der Waals surface area (Å²) in [5, 5.41) is 3.30. The molecule has 94 valence electrons. The van der Waals surface area contributed by atoms with Crippen LogP contribution >= 0.6 is 0 Å². The van der Waals surface area contributed by atoms with Gasteiger partial charge in [0.15, 0.2) is 0 Å². The third kappa shape index (κ3) is 1.88. The van der Waals surface area contributed by atoms with E-state index in [4.69, 9.17) is 0 Å². The van der Waals surface area contributed by atoms with Crippen molar-refractivity contribution in [2.24, 2.45) is 0 Å². The van der Waals surface area contributed by atoms with E-state index in [0.717, 1.165) is 18.9 Å². The fourth-order valence-corrected chi connectivity index (χ4v) is 2.21. The molecule has 0 aliphatic carbocycles. The van der Waals surface area contributed by atoms with Crippen LogP contribution in [0.1, 0.15) is 6.04 Å². The van der Waals surface area contributed by atoms with Crippen molar-refractivity contribution in [3.8, 4) is 11.4 Å². The lowest BCUT2D eigenvalue weighted by Gasteiger charge is -2.29. The second-order valence-electron chi connectivity index (χ2n) is 4.91. The highest BCUT2D eigenvalue weighted by Gasteiger charge is 2.21. The molecule has 4 heteroatoms. The molecule has 1 N–H and O–H groups in total. The van der Waals surface area contributed by atoms with Gasteiger partial charge in [-0.1, -0.05) is 0 Å². The zero-order valence-electron chi connectivity index (χ0n) is 10.8. The van der Waals surface area contributed by atoms with Crippen molar-refractivity contribution in [3.63, 3.8) is 0 Å². The lowest BCUT2D eigenvalue weighted by molar-refractivity contribution is 0.346. The molecule has 0 unspecified atom stereocenters. The van der Waals surface area contributed by atoms with E-state index in [2.05, 4.69) is 64.3 Å². The Morgan fingerprint density at radius 3 is 2.50 bits per heavy atom. The van der Waals surface area contributed by atoms with Gasteiger partial charge in [-0.3, -0.25) is 0 Å². The van der Waals surface area contributed by atoms with Crippen molar-refractivity contribution < 1.29 is 0 Å². The monoisotopic (exact) mass is 242 g/mol. The predicted octanol–water partition coefficient (Wildman–Crippen LogP) is 1.76. The molecule has 0 amide bonds. The maximum absolute atomic E-state index is 4.49. The molecule has 2 aromatic rings. The van der Waals surface area contributed by atoms with Gasteiger partial charge >= 0.3 is 0 Å². The van der Waals surface area contributed by atoms with Gasteiger partial charge in [0.05, 0.1) is 6.04 Å². The van der Waals surface area contributed by atoms with Gasteiger partial charge in [0, 0.05) is 50.8 Å². The molecule has 0 bridgehead atoms. The number of nitrogens with one attached hydrogen (secondary N) is 1. The van der Waals surface area contributed by atoms with Crippen LogP contribution in [0.2, 0.25) is 0 Å². The van der Waals surface area contributed by atoms with Gasteiger partial charge in [-0.2, -0.15) is 0 Å². The summed E-state index contributed by atoms with van der Waals surface area (Å²) < 4.78 is 2.27. The lowest BCUT2D eigenvalue weighted by atomic mass is 10.1. The highest BCUT2D eigenvalue weighted by molar-refractivity contribution is 5.60. The number of aromatic nitrogens is 2. The van der Waals surface area contributed by atoms with Gasteiger partial charge in [0.25, 0.3) is 0 Å². The minimum Gasteiger partial charge on any atom is -0.378 e. The number of benzene rings is 1. The molecule has 1 aliphatic rings. The molecule has 1 aromatic heterocycles. The Morgan fingerprint density at radius 2 is 1.94 bits per heavy atom. The van der Waals surface area contributed by atoms with Crippen molar-refractivity contribution in [2.75, 3.05) is 32.1 Å². The average molecular weight is 242 g/mol. The first-order valence-corrected chi connectivity index (χ1v) is 6.27. The highest BCUT2D eigenvalue weighted by Crippen LogP contribution is 2.24. The van der Waals surface area contributed by atoms with Gasteiger partial charge in [-0.05, 0) is 24.3 Å². The molecule has 3 rings (SSSR count). The number of nitrogens with zero attached hydrogens (tertiary/aromatic N) is 3. The van der Waals surface area contributed by atoms with E-state index in [9.17, 15) is 0 Å². The second kappa shape index (κ2) is 4.46. The first kappa shape index (κ1) is 11.3. The first-order chi connectivity index (χ1) is 8.75. The zero-order valence-corrected chi connectivity index (χ0v) is 10.8. The van der Waals surface area contributed by atoms with E-state index in [-0.39, 0.29) is 0 Å². The molecule has 1 fully saturated rings. The minimum atomic E-state index is 0.552. The number of hydrogen-bond donors (Lipinski definition) is 1. The van der Waals surface area contributed by atoms with Crippen molar-refractivity contribution in [1.29, 1.82) is 0 Å². The van der Waals surface area contributed by atoms with E-state index in [0.29, 0.717) is 6.04 Å². The van der Waals surface area contributed by atoms with Crippen LogP contribution in [-0.2, 0) is 0 Å². The lowest BCUT2D eigenvalue weighted by Crippen LogP contribution is -2.43. The Balaban J connectivity index is 1.92. The van der Waals surface area contributed by atoms with E-state index in [1.54, 1.807) is 0 Å². The predicted molar refractivity (Wildman–Crippen MR) is 73.9 cm³/mol. The van der Waals surface area contributed by atoms with Crippen molar-refractivity contribution in [3.05, 3.63) is 36.7 Å². The number of hydrogen-bond acceptors (Lipinski definition) is 3. The van der Waals surface area contributed by atoms with E-state index < -0.39 is 0 Å². The van der Waals surface area contributed by atoms with Crippen LogP contribution in [-0.4, -0.2) is 36.7 Å². The maximum atomic E-state index is 4.49. The molecule has 0 radical (unpaired) electrons. The normalized spacial score (nSPS) is 15.4. The number of rotatable bonds is 3. The number of imidazole rings is 1. The summed E-state index contributed by atoms with van der Waals surface area (Å²) in [6.45, 7) is 2.08. The Morgan fingerprint density at radius 1 is 1.22 bits per heavy atom. The van der Waals surface area contributed by atoms with Crippen LogP contribution in [0.15, 0.2) is 36.7 Å². The molecule has 0 spiro atoms. The second-order valence-corrected chi connectivity index (χ2v) is 4.91. The van der Waals surface area contributed by atoms with Crippen LogP contribution in [0.4, 0.5) is 5.69 Å². The first-order valence-electron chi connectivity index (χ1n) is 6.27. The molecule has 1 saturated heterocycles. The smallest absolute Gasteiger partial charge is 0.140 e. The molecule has 4 nitrogen and oxygen atoms in total. The zero-order chi connectivity index (χ0) is 12.5. The Hall–Kier alpha value is -1.81. The molecule has 0 atom stereocenters. The average Bonchev–Trinajstić information content (AvgIpc) is 2.76. The summed E-state index contributed by atoms with van der Waals surface area (Å²) in [4.78, 5) is 6.59. The third-order valence-electron chi connectivity index (χ3n) is 3.46. The Bertz CT molecular complexity index is 523. The maximum Gasteiger partial charge on any atom is 0.140 e. The molecular formula is C14H18N4. The largest absolute Gasteiger partial charge is 0.378 e. The van der Waals surface area contributed by atoms with Crippen LogP contribution in [0.25, 0.3) is 11.4 Å². The van der Waals surface area contributed by atoms with E-state index >= 15 is 0 Å². The van der Waals surface area contributed by atoms with E-state index in [1.807, 2.05) is 6.20 Å². The summed E-state index contributed by atoms with van der Waals surface area (Å²) in [7, 11) is 4.10. The van der Waals surface area contributed by atoms with Gasteiger partial charge in [-0.25, -0.2) is 4.98 Å². The van der Waals surface area contributed by atoms with Gasteiger partial charge in [0.2, 0.25) is 0 Å². The van der Waals surface area contributed by atoms with E-state index in [1.165, 1.54) is 11.3 Å². The van der Waals surface area contributed by atoms with Crippen LogP contribution < -0.4 is 10.2 Å². The summed E-state index contributed by atoms with van der Waals surface area (Å²) in [5.41, 5.74) is 2.39. The molecule has 1 aromatic carbocycles. The summed E-state index contributed by atoms with van der Waals surface area (Å²) in [5.74, 6) is 1.06. The summed E-state index contributed by atoms with van der Waals surface area (Å²) in [6, 6.07) is 9.09. The SMILES string of the molecule is CN(C)c1ccc(-c2nccn2C2CNC2)cc1. The van der Waals surface area contributed by atoms with Crippen molar-refractivity contribution >= 4 is 5.69 Å². The highest BCUT2D eigenvalue weighted by atomic mass is 15.2. The number of anilines is 1. The molecule has 18 heavy (non-hydrogen) atoms. The van der Waals surface area contributed by atoms with Gasteiger partial charge in [0.1, 0.15) is 5.82 Å². The summed E-state index contributed by atoms with van der Waals surface area (Å²) in [6.07, 6.45) is 3.95.